The summed E-state index contributed by atoms with van der Waals surface area (Å²) in [7, 11) is 0. The topological polar surface area (TPSA) is 42.0 Å². The highest BCUT2D eigenvalue weighted by Crippen LogP contribution is 2.44. The SMILES string of the molecule is O=C(CC(c1ccccc1)C1CC1)NCCCc1cccnc1. The second-order valence-corrected chi connectivity index (χ2v) is 6.37. The maximum Gasteiger partial charge on any atom is 0.220 e. The van der Waals surface area contributed by atoms with E-state index in [1.807, 2.05) is 18.3 Å². The summed E-state index contributed by atoms with van der Waals surface area (Å²) in [6.07, 6.45) is 8.71. The van der Waals surface area contributed by atoms with Crippen molar-refractivity contribution in [1.82, 2.24) is 10.3 Å². The lowest BCUT2D eigenvalue weighted by atomic mass is 9.91. The highest BCUT2D eigenvalue weighted by Gasteiger charge is 2.33. The van der Waals surface area contributed by atoms with Crippen LogP contribution in [0.15, 0.2) is 54.9 Å². The summed E-state index contributed by atoms with van der Waals surface area (Å²) in [5.74, 6) is 1.25. The summed E-state index contributed by atoms with van der Waals surface area (Å²) in [6, 6.07) is 14.5. The Bertz CT molecular complexity index is 608. The summed E-state index contributed by atoms with van der Waals surface area (Å²) in [5, 5.41) is 3.08. The Labute approximate surface area is 138 Å². The summed E-state index contributed by atoms with van der Waals surface area (Å²) < 4.78 is 0. The number of carbonyl (C=O) groups is 1. The van der Waals surface area contributed by atoms with Crippen molar-refractivity contribution in [2.75, 3.05) is 6.54 Å². The zero-order chi connectivity index (χ0) is 15.9. The molecule has 0 radical (unpaired) electrons. The van der Waals surface area contributed by atoms with Gasteiger partial charge in [0.25, 0.3) is 0 Å². The highest BCUT2D eigenvalue weighted by molar-refractivity contribution is 5.77. The summed E-state index contributed by atoms with van der Waals surface area (Å²) in [6.45, 7) is 0.736. The van der Waals surface area contributed by atoms with Crippen LogP contribution in [0.1, 0.15) is 42.7 Å². The van der Waals surface area contributed by atoms with Crippen molar-refractivity contribution in [2.24, 2.45) is 5.92 Å². The molecule has 1 atom stereocenters. The van der Waals surface area contributed by atoms with Gasteiger partial charge in [0.15, 0.2) is 0 Å². The quantitative estimate of drug-likeness (QED) is 0.755. The third-order valence-electron chi connectivity index (χ3n) is 4.51. The second-order valence-electron chi connectivity index (χ2n) is 6.37. The van der Waals surface area contributed by atoms with Crippen molar-refractivity contribution < 1.29 is 4.79 Å². The fourth-order valence-corrected chi connectivity index (χ4v) is 3.09. The van der Waals surface area contributed by atoms with Crippen LogP contribution in [0, 0.1) is 5.92 Å². The minimum atomic E-state index is 0.178. The molecule has 0 bridgehead atoms. The third kappa shape index (κ3) is 4.92. The molecule has 1 aromatic heterocycles. The van der Waals surface area contributed by atoms with Gasteiger partial charge in [0.05, 0.1) is 0 Å². The molecule has 1 saturated carbocycles. The first-order valence-electron chi connectivity index (χ1n) is 8.53. The van der Waals surface area contributed by atoms with Gasteiger partial charge in [-0.3, -0.25) is 9.78 Å². The van der Waals surface area contributed by atoms with Crippen LogP contribution in [-0.2, 0) is 11.2 Å². The molecule has 120 valence electrons. The van der Waals surface area contributed by atoms with Gasteiger partial charge in [0, 0.05) is 25.4 Å². The molecule has 3 heteroatoms. The van der Waals surface area contributed by atoms with Crippen molar-refractivity contribution in [3.63, 3.8) is 0 Å². The molecule has 1 aromatic carbocycles. The van der Waals surface area contributed by atoms with Crippen LogP contribution < -0.4 is 5.32 Å². The van der Waals surface area contributed by atoms with Crippen molar-refractivity contribution in [1.29, 1.82) is 0 Å². The van der Waals surface area contributed by atoms with Gasteiger partial charge in [0.2, 0.25) is 5.91 Å². The van der Waals surface area contributed by atoms with Gasteiger partial charge in [0.1, 0.15) is 0 Å². The van der Waals surface area contributed by atoms with E-state index < -0.39 is 0 Å². The van der Waals surface area contributed by atoms with Crippen molar-refractivity contribution >= 4 is 5.91 Å². The molecule has 3 nitrogen and oxygen atoms in total. The van der Waals surface area contributed by atoms with Crippen LogP contribution >= 0.6 is 0 Å². The van der Waals surface area contributed by atoms with E-state index in [-0.39, 0.29) is 5.91 Å². The van der Waals surface area contributed by atoms with Crippen molar-refractivity contribution in [3.05, 3.63) is 66.0 Å². The average Bonchev–Trinajstić information content (AvgIpc) is 3.43. The van der Waals surface area contributed by atoms with Crippen LogP contribution in [0.25, 0.3) is 0 Å². The maximum atomic E-state index is 12.2. The molecule has 1 aliphatic carbocycles. The highest BCUT2D eigenvalue weighted by atomic mass is 16.1. The largest absolute Gasteiger partial charge is 0.356 e. The van der Waals surface area contributed by atoms with E-state index in [1.54, 1.807) is 6.20 Å². The molecule has 1 N–H and O–H groups in total. The number of amides is 1. The monoisotopic (exact) mass is 308 g/mol. The zero-order valence-electron chi connectivity index (χ0n) is 13.4. The molecule has 3 rings (SSSR count). The minimum Gasteiger partial charge on any atom is -0.356 e. The number of hydrogen-bond acceptors (Lipinski definition) is 2. The molecule has 23 heavy (non-hydrogen) atoms. The van der Waals surface area contributed by atoms with Crippen LogP contribution in [0.2, 0.25) is 0 Å². The van der Waals surface area contributed by atoms with Gasteiger partial charge >= 0.3 is 0 Å². The zero-order valence-corrected chi connectivity index (χ0v) is 13.4. The van der Waals surface area contributed by atoms with E-state index >= 15 is 0 Å². The average molecular weight is 308 g/mol. The normalized spacial score (nSPS) is 15.1. The first-order valence-corrected chi connectivity index (χ1v) is 8.53. The smallest absolute Gasteiger partial charge is 0.220 e. The predicted octanol–water partition coefficient (Wildman–Crippen LogP) is 3.71. The lowest BCUT2D eigenvalue weighted by molar-refractivity contribution is -0.121. The van der Waals surface area contributed by atoms with E-state index in [9.17, 15) is 4.79 Å². The van der Waals surface area contributed by atoms with Crippen molar-refractivity contribution in [2.45, 2.75) is 38.0 Å². The molecule has 0 aliphatic heterocycles. The molecule has 2 aromatic rings. The first-order chi connectivity index (χ1) is 11.3. The molecule has 1 amide bonds. The second kappa shape index (κ2) is 7.91. The Morgan fingerprint density at radius 2 is 2.00 bits per heavy atom. The molecule has 0 saturated heterocycles. The summed E-state index contributed by atoms with van der Waals surface area (Å²) in [5.41, 5.74) is 2.53. The van der Waals surface area contributed by atoms with Crippen LogP contribution in [-0.4, -0.2) is 17.4 Å². The van der Waals surface area contributed by atoms with E-state index in [4.69, 9.17) is 0 Å². The molecule has 1 fully saturated rings. The molecule has 1 unspecified atom stereocenters. The number of aromatic nitrogens is 1. The third-order valence-corrected chi connectivity index (χ3v) is 4.51. The standard InChI is InChI=1S/C20H24N2O/c23-20(22-13-5-7-16-6-4-12-21-15-16)14-19(18-10-11-18)17-8-2-1-3-9-17/h1-4,6,8-9,12,15,18-19H,5,7,10-11,13-14H2,(H,22,23). The fraction of sp³-hybridized carbons (Fsp3) is 0.400. The van der Waals surface area contributed by atoms with Crippen molar-refractivity contribution in [3.8, 4) is 0 Å². The van der Waals surface area contributed by atoms with E-state index in [0.29, 0.717) is 18.3 Å². The molecular weight excluding hydrogens is 284 g/mol. The van der Waals surface area contributed by atoms with E-state index in [0.717, 1.165) is 19.4 Å². The lowest BCUT2D eigenvalue weighted by Gasteiger charge is -2.16. The van der Waals surface area contributed by atoms with E-state index in [2.05, 4.69) is 40.6 Å². The molecule has 1 aliphatic rings. The molecular formula is C20H24N2O. The number of aryl methyl sites for hydroxylation is 1. The van der Waals surface area contributed by atoms with Gasteiger partial charge in [-0.15, -0.1) is 0 Å². The Morgan fingerprint density at radius 1 is 1.17 bits per heavy atom. The molecule has 1 heterocycles. The Balaban J connectivity index is 1.43. The Kier molecular flexibility index (Phi) is 5.41. The van der Waals surface area contributed by atoms with Gasteiger partial charge in [-0.1, -0.05) is 36.4 Å². The van der Waals surface area contributed by atoms with Crippen LogP contribution in [0.4, 0.5) is 0 Å². The number of nitrogens with zero attached hydrogens (tertiary/aromatic N) is 1. The summed E-state index contributed by atoms with van der Waals surface area (Å²) >= 11 is 0. The lowest BCUT2D eigenvalue weighted by Crippen LogP contribution is -2.26. The van der Waals surface area contributed by atoms with Gasteiger partial charge < -0.3 is 5.32 Å². The number of rotatable bonds is 8. The number of benzene rings is 1. The van der Waals surface area contributed by atoms with E-state index in [1.165, 1.54) is 24.0 Å². The number of carbonyl (C=O) groups excluding carboxylic acids is 1. The minimum absolute atomic E-state index is 0.178. The van der Waals surface area contributed by atoms with Crippen LogP contribution in [0.5, 0.6) is 0 Å². The number of pyridine rings is 1. The van der Waals surface area contributed by atoms with Gasteiger partial charge in [-0.05, 0) is 54.7 Å². The Hall–Kier alpha value is -2.16. The van der Waals surface area contributed by atoms with Crippen LogP contribution in [0.3, 0.4) is 0 Å². The molecule has 0 spiro atoms. The predicted molar refractivity (Wildman–Crippen MR) is 92.1 cm³/mol. The number of hydrogen-bond donors (Lipinski definition) is 1. The van der Waals surface area contributed by atoms with Gasteiger partial charge in [-0.25, -0.2) is 0 Å². The first kappa shape index (κ1) is 15.7. The fourth-order valence-electron chi connectivity index (χ4n) is 3.09. The summed E-state index contributed by atoms with van der Waals surface area (Å²) in [4.78, 5) is 16.4. The van der Waals surface area contributed by atoms with Gasteiger partial charge in [-0.2, -0.15) is 0 Å². The Morgan fingerprint density at radius 3 is 2.70 bits per heavy atom. The maximum absolute atomic E-state index is 12.2. The number of nitrogens with one attached hydrogen (secondary N) is 1.